The minimum absolute atomic E-state index is 0.0417. The van der Waals surface area contributed by atoms with Crippen molar-refractivity contribution < 1.29 is 97.2 Å². The normalized spacial score (nSPS) is 11.5. The fraction of sp³-hybridized carbons (Fsp3) is 0.0233. The highest BCUT2D eigenvalue weighted by atomic mass is 35.5. The van der Waals surface area contributed by atoms with Crippen molar-refractivity contribution in [2.45, 2.75) is 6.54 Å². The number of Topliss-reactive ketones (excluding diaryl/α,β-unsaturated/α-hetero) is 1. The lowest BCUT2D eigenvalue weighted by Crippen LogP contribution is -2.81. The maximum Gasteiger partial charge on any atom is 0.231 e. The second-order valence-corrected chi connectivity index (χ2v) is 14.3. The quantitative estimate of drug-likeness (QED) is 0.0371. The first-order valence-corrected chi connectivity index (χ1v) is 18.3. The molecule has 0 amide bonds. The highest BCUT2D eigenvalue weighted by molar-refractivity contribution is 7.20. The minimum Gasteiger partial charge on any atom is -0.287 e. The van der Waals surface area contributed by atoms with Crippen LogP contribution in [0.15, 0.2) is 73.4 Å². The van der Waals surface area contributed by atoms with Crippen LogP contribution in [-0.2, 0) is 6.54 Å². The molecule has 0 fully saturated rings. The molecule has 0 bridgehead atoms. The first-order chi connectivity index (χ1) is 31.4. The van der Waals surface area contributed by atoms with Gasteiger partial charge in [0.2, 0.25) is 18.0 Å². The minimum atomic E-state index is -7.22. The summed E-state index contributed by atoms with van der Waals surface area (Å²) >= 11 is 6.19. The topological polar surface area (TPSA) is 20.9 Å². The molecule has 7 aromatic rings. The molecule has 6 aromatic carbocycles. The zero-order valence-electron chi connectivity index (χ0n) is 32.1. The van der Waals surface area contributed by atoms with Gasteiger partial charge in [-0.15, -0.1) is 21.9 Å². The van der Waals surface area contributed by atoms with Gasteiger partial charge < -0.3 is 0 Å². The summed E-state index contributed by atoms with van der Waals surface area (Å²) in [5.74, 6) is -71.4. The van der Waals surface area contributed by atoms with E-state index in [1.54, 1.807) is 0 Å². The predicted octanol–water partition coefficient (Wildman–Crippen LogP) is 10.1. The fourth-order valence-electron chi connectivity index (χ4n) is 7.44. The summed E-state index contributed by atoms with van der Waals surface area (Å²) in [5, 5.41) is 2.49. The second kappa shape index (κ2) is 18.4. The van der Waals surface area contributed by atoms with Crippen molar-refractivity contribution in [1.82, 2.24) is 0 Å². The number of aromatic nitrogens is 1. The molecule has 0 unspecified atom stereocenters. The van der Waals surface area contributed by atoms with Gasteiger partial charge in [0.05, 0.1) is 5.39 Å². The summed E-state index contributed by atoms with van der Waals surface area (Å²) in [6.07, 6.45) is -5.34. The largest absolute Gasteiger partial charge is 0.287 e. The lowest BCUT2D eigenvalue weighted by molar-refractivity contribution is -0.683. The molecule has 0 radical (unpaired) electrons. The van der Waals surface area contributed by atoms with E-state index in [4.69, 9.17) is 11.6 Å². The third-order valence-electron chi connectivity index (χ3n) is 10.3. The van der Waals surface area contributed by atoms with E-state index in [0.29, 0.717) is 10.6 Å². The van der Waals surface area contributed by atoms with Crippen molar-refractivity contribution >= 4 is 61.2 Å². The van der Waals surface area contributed by atoms with Crippen LogP contribution in [0.2, 0.25) is 0 Å². The molecular weight excluding hydrogens is 973 g/mol. The Morgan fingerprint density at radius 2 is 0.701 bits per heavy atom. The van der Waals surface area contributed by atoms with Crippen molar-refractivity contribution in [3.05, 3.63) is 201 Å². The number of nitrogens with zero attached hydrogens (tertiary/aromatic N) is 1. The van der Waals surface area contributed by atoms with Gasteiger partial charge in [0.25, 0.3) is 0 Å². The van der Waals surface area contributed by atoms with Crippen molar-refractivity contribution in [3.8, 4) is 0 Å². The van der Waals surface area contributed by atoms with Crippen LogP contribution in [0.1, 0.15) is 16.1 Å². The molecule has 0 saturated carbocycles. The van der Waals surface area contributed by atoms with Gasteiger partial charge in [-0.1, -0.05) is 66.7 Å². The Kier molecular flexibility index (Phi) is 13.6. The Labute approximate surface area is 365 Å². The Hall–Kier alpha value is -6.91. The highest BCUT2D eigenvalue weighted by Crippen LogP contribution is 2.31. The maximum atomic E-state index is 15.4. The van der Waals surface area contributed by atoms with E-state index in [9.17, 15) is 57.5 Å². The fourth-order valence-corrected chi connectivity index (χ4v) is 7.65. The van der Waals surface area contributed by atoms with Crippen LogP contribution in [-0.4, -0.2) is 11.9 Å². The van der Waals surface area contributed by atoms with Crippen molar-refractivity contribution in [2.75, 3.05) is 0 Å². The van der Waals surface area contributed by atoms with E-state index in [-0.39, 0.29) is 12.3 Å². The summed E-state index contributed by atoms with van der Waals surface area (Å²) < 4.78 is 296. The lowest BCUT2D eigenvalue weighted by atomic mass is 9.12. The molecule has 0 aliphatic carbocycles. The molecule has 0 aliphatic heterocycles. The molecule has 24 heteroatoms. The van der Waals surface area contributed by atoms with Gasteiger partial charge in [0.1, 0.15) is 57.7 Å². The Bertz CT molecular complexity index is 2840. The number of rotatable bonds is 8. The molecular formula is C43H15BClF20NO. The summed E-state index contributed by atoms with van der Waals surface area (Å²) in [7, 11) is 0. The van der Waals surface area contributed by atoms with Crippen LogP contribution in [0.5, 0.6) is 0 Å². The number of hydrogen-bond donors (Lipinski definition) is 0. The number of ketones is 1. The van der Waals surface area contributed by atoms with Crippen molar-refractivity contribution in [3.63, 3.8) is 0 Å². The van der Waals surface area contributed by atoms with Crippen LogP contribution >= 0.6 is 11.6 Å². The maximum absolute atomic E-state index is 15.4. The monoisotopic (exact) mass is 987 g/mol. The average Bonchev–Trinajstić information content (AvgIpc) is 3.31. The molecule has 0 N–H and O–H groups in total. The van der Waals surface area contributed by atoms with Gasteiger partial charge in [-0.25, -0.2) is 87.8 Å². The van der Waals surface area contributed by atoms with E-state index in [2.05, 4.69) is 6.58 Å². The highest BCUT2D eigenvalue weighted by Gasteiger charge is 2.52. The SMILES string of the molecule is C=C(Cl)c1c2ccccc2cc[n+]1CC(=O)c1ccccc1.Fc1c(F)c(F)c([B-](c2c(F)c(F)c(F)c(F)c2F)(c2c(F)c(F)c(F)c(F)c2F)c2c(F)c(F)c(F)c(F)c2F)c(F)c1F. The van der Waals surface area contributed by atoms with Crippen LogP contribution < -0.4 is 26.4 Å². The van der Waals surface area contributed by atoms with Crippen LogP contribution in [0.3, 0.4) is 0 Å². The molecule has 1 aromatic heterocycles. The Morgan fingerprint density at radius 1 is 0.418 bits per heavy atom. The zero-order chi connectivity index (χ0) is 49.9. The number of fused-ring (bicyclic) bond motifs is 1. The lowest BCUT2D eigenvalue weighted by Gasteiger charge is -2.44. The van der Waals surface area contributed by atoms with E-state index < -0.39 is 144 Å². The van der Waals surface area contributed by atoms with E-state index in [1.165, 1.54) is 0 Å². The van der Waals surface area contributed by atoms with Gasteiger partial charge in [-0.05, 0) is 11.5 Å². The summed E-state index contributed by atoms with van der Waals surface area (Å²) in [5.41, 5.74) is -12.9. The summed E-state index contributed by atoms with van der Waals surface area (Å²) in [6.45, 7) is 4.08. The first kappa shape index (κ1) is 49.5. The third-order valence-corrected chi connectivity index (χ3v) is 10.5. The molecule has 7 rings (SSSR count). The second-order valence-electron chi connectivity index (χ2n) is 13.9. The molecule has 0 atom stereocenters. The average molecular weight is 988 g/mol. The molecule has 67 heavy (non-hydrogen) atoms. The van der Waals surface area contributed by atoms with Crippen molar-refractivity contribution in [1.29, 1.82) is 0 Å². The van der Waals surface area contributed by atoms with Gasteiger partial charge in [0.15, 0.2) is 76.0 Å². The van der Waals surface area contributed by atoms with Crippen LogP contribution in [0.4, 0.5) is 87.8 Å². The van der Waals surface area contributed by atoms with Gasteiger partial charge in [-0.2, -0.15) is 4.57 Å². The standard InChI is InChI=1S/C24BF20.C19H15ClNO/c26-5-1(6(27)14(35)21(42)13(5)34)25(2-7(28)15(36)22(43)16(37)8(2)29,3-9(30)17(38)23(44)18(39)10(3)31)4-11(32)19(40)24(45)20(41)12(4)33;1-14(20)19-17-10-6-5-7-15(17)11-12-21(19)13-18(22)16-8-3-2-4-9-16/h;2-12H,1,13H2/q-1;+1. The third kappa shape index (κ3) is 7.81. The van der Waals surface area contributed by atoms with Crippen LogP contribution in [0.25, 0.3) is 15.8 Å². The Morgan fingerprint density at radius 3 is 1.01 bits per heavy atom. The molecule has 0 spiro atoms. The van der Waals surface area contributed by atoms with E-state index in [0.717, 1.165) is 16.5 Å². The summed E-state index contributed by atoms with van der Waals surface area (Å²) in [4.78, 5) is 12.4. The first-order valence-electron chi connectivity index (χ1n) is 17.9. The number of pyridine rings is 1. The van der Waals surface area contributed by atoms with Gasteiger partial charge >= 0.3 is 0 Å². The summed E-state index contributed by atoms with van der Waals surface area (Å²) in [6, 6.07) is 19.2. The molecule has 1 heterocycles. The number of hydrogen-bond acceptors (Lipinski definition) is 1. The predicted molar refractivity (Wildman–Crippen MR) is 199 cm³/mol. The number of halogens is 21. The molecule has 2 nitrogen and oxygen atoms in total. The van der Waals surface area contributed by atoms with E-state index >= 15 is 35.1 Å². The smallest absolute Gasteiger partial charge is 0.231 e. The van der Waals surface area contributed by atoms with Crippen LogP contribution in [0, 0.1) is 116 Å². The molecule has 348 valence electrons. The van der Waals surface area contributed by atoms with Gasteiger partial charge in [-0.3, -0.25) is 4.79 Å². The Balaban J connectivity index is 0.000000279. The number of carbonyl (C=O) groups is 1. The molecule has 0 aliphatic rings. The molecule has 0 saturated heterocycles. The van der Waals surface area contributed by atoms with Crippen molar-refractivity contribution in [2.24, 2.45) is 0 Å². The van der Waals surface area contributed by atoms with Gasteiger partial charge in [0, 0.05) is 11.6 Å². The number of benzene rings is 6. The zero-order valence-corrected chi connectivity index (χ0v) is 32.9. The van der Waals surface area contributed by atoms with E-state index in [1.807, 2.05) is 71.4 Å². The number of carbonyl (C=O) groups excluding carboxylic acids is 1.